The predicted octanol–water partition coefficient (Wildman–Crippen LogP) is 2.76. The Balaban J connectivity index is 2.70. The minimum Gasteiger partial charge on any atom is -0.480 e. The summed E-state index contributed by atoms with van der Waals surface area (Å²) in [5, 5.41) is 8.90. The Hall–Kier alpha value is -1.22. The fourth-order valence-corrected chi connectivity index (χ4v) is 1.50. The molecule has 1 N–H and O–H groups in total. The second kappa shape index (κ2) is 5.61. The molecule has 0 bridgehead atoms. The minimum absolute atomic E-state index is 0.368. The number of aliphatic carboxylic acids is 1. The fraction of sp³-hybridized carbons (Fsp3) is 0.364. The molecule has 0 aromatic heterocycles. The first-order valence-electron chi connectivity index (χ1n) is 4.76. The summed E-state index contributed by atoms with van der Waals surface area (Å²) in [6.45, 7) is 1.72. The van der Waals surface area contributed by atoms with E-state index in [1.54, 1.807) is 6.07 Å². The third kappa shape index (κ3) is 3.80. The van der Waals surface area contributed by atoms with Gasteiger partial charge in [0.1, 0.15) is 5.75 Å². The van der Waals surface area contributed by atoms with E-state index in [0.717, 1.165) is 18.4 Å². The number of halogens is 1. The van der Waals surface area contributed by atoms with Crippen LogP contribution in [0.2, 0.25) is 5.02 Å². The van der Waals surface area contributed by atoms with Crippen LogP contribution in [0, 0.1) is 0 Å². The summed E-state index contributed by atoms with van der Waals surface area (Å²) in [4.78, 5) is 10.3. The van der Waals surface area contributed by atoms with Crippen molar-refractivity contribution in [2.24, 2.45) is 0 Å². The first-order chi connectivity index (χ1) is 7.13. The number of carboxylic acids is 1. The molecule has 0 saturated heterocycles. The molecule has 0 spiro atoms. The van der Waals surface area contributed by atoms with Crippen LogP contribution < -0.4 is 4.74 Å². The van der Waals surface area contributed by atoms with Gasteiger partial charge in [0.15, 0.2) is 6.61 Å². The van der Waals surface area contributed by atoms with E-state index in [4.69, 9.17) is 21.4 Å². The molecular formula is C11H13ClO3. The summed E-state index contributed by atoms with van der Waals surface area (Å²) in [5.74, 6) is -0.595. The van der Waals surface area contributed by atoms with Crippen molar-refractivity contribution in [3.05, 3.63) is 28.8 Å². The number of benzene rings is 1. The van der Waals surface area contributed by atoms with Gasteiger partial charge in [-0.3, -0.25) is 0 Å². The highest BCUT2D eigenvalue weighted by molar-refractivity contribution is 6.32. The van der Waals surface area contributed by atoms with Gasteiger partial charge in [0.05, 0.1) is 5.02 Å². The van der Waals surface area contributed by atoms with Crippen LogP contribution in [0.5, 0.6) is 5.75 Å². The van der Waals surface area contributed by atoms with E-state index in [2.05, 4.69) is 6.92 Å². The number of rotatable bonds is 5. The molecule has 0 amide bonds. The van der Waals surface area contributed by atoms with Crippen LogP contribution in [0.4, 0.5) is 0 Å². The lowest BCUT2D eigenvalue weighted by Gasteiger charge is -2.07. The summed E-state index contributed by atoms with van der Waals surface area (Å²) in [7, 11) is 0. The van der Waals surface area contributed by atoms with Crippen LogP contribution >= 0.6 is 11.6 Å². The maximum absolute atomic E-state index is 10.3. The van der Waals surface area contributed by atoms with E-state index >= 15 is 0 Å². The van der Waals surface area contributed by atoms with Crippen molar-refractivity contribution in [2.75, 3.05) is 6.61 Å². The molecule has 0 aliphatic carbocycles. The molecule has 3 nitrogen and oxygen atoms in total. The highest BCUT2D eigenvalue weighted by Crippen LogP contribution is 2.25. The van der Waals surface area contributed by atoms with E-state index in [0.29, 0.717) is 10.8 Å². The van der Waals surface area contributed by atoms with E-state index in [9.17, 15) is 4.79 Å². The molecule has 0 fully saturated rings. The number of carboxylic acid groups (broad SMARTS) is 1. The second-order valence-electron chi connectivity index (χ2n) is 3.20. The van der Waals surface area contributed by atoms with Crippen LogP contribution in [0.1, 0.15) is 18.9 Å². The molecule has 1 aromatic rings. The number of carbonyl (C=O) groups is 1. The first-order valence-corrected chi connectivity index (χ1v) is 5.14. The number of ether oxygens (including phenoxy) is 1. The Morgan fingerprint density at radius 2 is 2.27 bits per heavy atom. The molecular weight excluding hydrogens is 216 g/mol. The average Bonchev–Trinajstić information content (AvgIpc) is 2.17. The Bertz CT molecular complexity index is 350. The van der Waals surface area contributed by atoms with Gasteiger partial charge in [0.2, 0.25) is 0 Å². The maximum atomic E-state index is 10.3. The highest BCUT2D eigenvalue weighted by atomic mass is 35.5. The molecule has 15 heavy (non-hydrogen) atoms. The topological polar surface area (TPSA) is 46.5 Å². The molecule has 1 aromatic carbocycles. The third-order valence-corrected chi connectivity index (χ3v) is 2.18. The number of hydrogen-bond acceptors (Lipinski definition) is 2. The highest BCUT2D eigenvalue weighted by Gasteiger charge is 2.04. The number of hydrogen-bond donors (Lipinski definition) is 1. The Labute approximate surface area is 93.6 Å². The van der Waals surface area contributed by atoms with Gasteiger partial charge in [-0.15, -0.1) is 0 Å². The summed E-state index contributed by atoms with van der Waals surface area (Å²) in [6, 6.07) is 5.41. The van der Waals surface area contributed by atoms with Crippen molar-refractivity contribution in [2.45, 2.75) is 19.8 Å². The van der Waals surface area contributed by atoms with Crippen molar-refractivity contribution in [3.63, 3.8) is 0 Å². The second-order valence-corrected chi connectivity index (χ2v) is 3.60. The lowest BCUT2D eigenvalue weighted by molar-refractivity contribution is -0.139. The van der Waals surface area contributed by atoms with Gasteiger partial charge in [0, 0.05) is 0 Å². The quantitative estimate of drug-likeness (QED) is 0.843. The van der Waals surface area contributed by atoms with Crippen LogP contribution in [0.25, 0.3) is 0 Å². The van der Waals surface area contributed by atoms with Gasteiger partial charge in [-0.25, -0.2) is 4.79 Å². The lowest BCUT2D eigenvalue weighted by Crippen LogP contribution is -2.09. The molecule has 82 valence electrons. The standard InChI is InChI=1S/C11H13ClO3/c1-2-3-8-4-5-10(9(12)6-8)15-7-11(13)14/h4-6H,2-3,7H2,1H3,(H,13,14). The normalized spacial score (nSPS) is 10.0. The van der Waals surface area contributed by atoms with E-state index < -0.39 is 5.97 Å². The molecule has 4 heteroatoms. The molecule has 0 aliphatic heterocycles. The summed E-state index contributed by atoms with van der Waals surface area (Å²) in [5.41, 5.74) is 1.13. The van der Waals surface area contributed by atoms with Gasteiger partial charge in [-0.1, -0.05) is 31.0 Å². The number of aryl methyl sites for hydroxylation is 1. The smallest absolute Gasteiger partial charge is 0.341 e. The Morgan fingerprint density at radius 3 is 2.80 bits per heavy atom. The van der Waals surface area contributed by atoms with E-state index in [1.165, 1.54) is 0 Å². The van der Waals surface area contributed by atoms with Gasteiger partial charge in [-0.05, 0) is 24.1 Å². The van der Waals surface area contributed by atoms with Gasteiger partial charge < -0.3 is 9.84 Å². The van der Waals surface area contributed by atoms with Gasteiger partial charge >= 0.3 is 5.97 Å². The van der Waals surface area contributed by atoms with Gasteiger partial charge in [0.25, 0.3) is 0 Å². The molecule has 0 radical (unpaired) electrons. The Kier molecular flexibility index (Phi) is 4.43. The molecule has 0 atom stereocenters. The maximum Gasteiger partial charge on any atom is 0.341 e. The van der Waals surface area contributed by atoms with Crippen molar-refractivity contribution in [3.8, 4) is 5.75 Å². The van der Waals surface area contributed by atoms with Crippen molar-refractivity contribution < 1.29 is 14.6 Å². The summed E-state index contributed by atoms with van der Waals surface area (Å²) < 4.78 is 5.00. The monoisotopic (exact) mass is 228 g/mol. The van der Waals surface area contributed by atoms with Crippen molar-refractivity contribution in [1.82, 2.24) is 0 Å². The van der Waals surface area contributed by atoms with Crippen LogP contribution in [0.15, 0.2) is 18.2 Å². The van der Waals surface area contributed by atoms with Crippen LogP contribution in [0.3, 0.4) is 0 Å². The largest absolute Gasteiger partial charge is 0.480 e. The summed E-state index contributed by atoms with van der Waals surface area (Å²) >= 11 is 5.93. The molecule has 0 unspecified atom stereocenters. The zero-order valence-corrected chi connectivity index (χ0v) is 9.25. The predicted molar refractivity (Wildman–Crippen MR) is 58.6 cm³/mol. The molecule has 0 aliphatic rings. The Morgan fingerprint density at radius 1 is 1.53 bits per heavy atom. The van der Waals surface area contributed by atoms with E-state index in [-0.39, 0.29) is 6.61 Å². The third-order valence-electron chi connectivity index (χ3n) is 1.89. The SMILES string of the molecule is CCCc1ccc(OCC(=O)O)c(Cl)c1. The lowest BCUT2D eigenvalue weighted by atomic mass is 10.1. The van der Waals surface area contributed by atoms with Gasteiger partial charge in [-0.2, -0.15) is 0 Å². The zero-order chi connectivity index (χ0) is 11.3. The fourth-order valence-electron chi connectivity index (χ4n) is 1.25. The first kappa shape index (κ1) is 11.9. The van der Waals surface area contributed by atoms with Crippen molar-refractivity contribution in [1.29, 1.82) is 0 Å². The molecule has 0 heterocycles. The van der Waals surface area contributed by atoms with Crippen molar-refractivity contribution >= 4 is 17.6 Å². The summed E-state index contributed by atoms with van der Waals surface area (Å²) in [6.07, 6.45) is 2.00. The van der Waals surface area contributed by atoms with Crippen LogP contribution in [-0.2, 0) is 11.2 Å². The zero-order valence-electron chi connectivity index (χ0n) is 8.50. The molecule has 1 rings (SSSR count). The molecule has 0 saturated carbocycles. The minimum atomic E-state index is -1.01. The van der Waals surface area contributed by atoms with E-state index in [1.807, 2.05) is 12.1 Å². The average molecular weight is 229 g/mol. The van der Waals surface area contributed by atoms with Crippen LogP contribution in [-0.4, -0.2) is 17.7 Å².